The highest BCUT2D eigenvalue weighted by Gasteiger charge is 2.02. The molecule has 1 aromatic heterocycles. The summed E-state index contributed by atoms with van der Waals surface area (Å²) in [5, 5.41) is 0. The Labute approximate surface area is 96.1 Å². The second-order valence-electron chi connectivity index (χ2n) is 4.30. The Bertz CT molecular complexity index is 510. The third kappa shape index (κ3) is 2.06. The summed E-state index contributed by atoms with van der Waals surface area (Å²) >= 11 is 0. The van der Waals surface area contributed by atoms with E-state index in [-0.39, 0.29) is 0 Å². The van der Waals surface area contributed by atoms with E-state index in [0.717, 1.165) is 11.1 Å². The molecule has 0 atom stereocenters. The Morgan fingerprint density at radius 3 is 2.06 bits per heavy atom. The average molecular weight is 212 g/mol. The van der Waals surface area contributed by atoms with E-state index in [1.54, 1.807) is 0 Å². The van der Waals surface area contributed by atoms with Crippen molar-refractivity contribution >= 4 is 5.82 Å². The molecule has 0 radical (unpaired) electrons. The zero-order chi connectivity index (χ0) is 11.7. The summed E-state index contributed by atoms with van der Waals surface area (Å²) in [6, 6.07) is 8.58. The number of aryl methyl sites for hydroxylation is 3. The van der Waals surface area contributed by atoms with Gasteiger partial charge >= 0.3 is 0 Å². The quantitative estimate of drug-likeness (QED) is 0.788. The standard InChI is InChI=1S/C14H16N2/c1-9-4-10(2)6-12(5-9)13-7-11(3)14(15)16-8-13/h4-8H,1-3H3,(H2,15,16). The monoisotopic (exact) mass is 212 g/mol. The highest BCUT2D eigenvalue weighted by atomic mass is 14.8. The van der Waals surface area contributed by atoms with Crippen LogP contribution >= 0.6 is 0 Å². The van der Waals surface area contributed by atoms with Crippen LogP contribution in [0.4, 0.5) is 5.82 Å². The van der Waals surface area contributed by atoms with E-state index in [2.05, 4.69) is 43.1 Å². The van der Waals surface area contributed by atoms with Crippen molar-refractivity contribution < 1.29 is 0 Å². The molecule has 1 aromatic carbocycles. The van der Waals surface area contributed by atoms with Crippen LogP contribution in [0.3, 0.4) is 0 Å². The summed E-state index contributed by atoms with van der Waals surface area (Å²) in [4.78, 5) is 4.19. The Balaban J connectivity index is 2.54. The number of anilines is 1. The molecule has 2 heteroatoms. The van der Waals surface area contributed by atoms with Gasteiger partial charge in [0, 0.05) is 11.8 Å². The van der Waals surface area contributed by atoms with E-state index in [0.29, 0.717) is 5.82 Å². The molecule has 0 unspecified atom stereocenters. The molecule has 16 heavy (non-hydrogen) atoms. The maximum absolute atomic E-state index is 5.72. The predicted molar refractivity (Wildman–Crippen MR) is 68.3 cm³/mol. The van der Waals surface area contributed by atoms with Crippen LogP contribution < -0.4 is 5.73 Å². The van der Waals surface area contributed by atoms with E-state index in [1.165, 1.54) is 16.7 Å². The van der Waals surface area contributed by atoms with Gasteiger partial charge in [-0.2, -0.15) is 0 Å². The van der Waals surface area contributed by atoms with Crippen LogP contribution in [-0.2, 0) is 0 Å². The number of benzene rings is 1. The van der Waals surface area contributed by atoms with Gasteiger partial charge in [-0.25, -0.2) is 4.98 Å². The number of pyridine rings is 1. The minimum Gasteiger partial charge on any atom is -0.383 e. The lowest BCUT2D eigenvalue weighted by Crippen LogP contribution is -1.94. The van der Waals surface area contributed by atoms with Crippen LogP contribution in [0.25, 0.3) is 11.1 Å². The van der Waals surface area contributed by atoms with Gasteiger partial charge in [0.2, 0.25) is 0 Å². The SMILES string of the molecule is Cc1cc(C)cc(-c2cnc(N)c(C)c2)c1. The maximum atomic E-state index is 5.72. The largest absolute Gasteiger partial charge is 0.383 e. The highest BCUT2D eigenvalue weighted by Crippen LogP contribution is 2.23. The van der Waals surface area contributed by atoms with E-state index in [9.17, 15) is 0 Å². The van der Waals surface area contributed by atoms with Gasteiger partial charge in [-0.05, 0) is 38.0 Å². The molecule has 2 rings (SSSR count). The van der Waals surface area contributed by atoms with E-state index in [4.69, 9.17) is 5.73 Å². The summed E-state index contributed by atoms with van der Waals surface area (Å²) in [7, 11) is 0. The number of aromatic nitrogens is 1. The Kier molecular flexibility index (Phi) is 2.65. The number of hydrogen-bond acceptors (Lipinski definition) is 2. The third-order valence-corrected chi connectivity index (χ3v) is 2.67. The molecule has 0 saturated heterocycles. The summed E-state index contributed by atoms with van der Waals surface area (Å²) in [6.45, 7) is 6.19. The van der Waals surface area contributed by atoms with Crippen molar-refractivity contribution in [2.45, 2.75) is 20.8 Å². The van der Waals surface area contributed by atoms with E-state index >= 15 is 0 Å². The third-order valence-electron chi connectivity index (χ3n) is 2.67. The fraction of sp³-hybridized carbons (Fsp3) is 0.214. The van der Waals surface area contributed by atoms with Gasteiger partial charge in [-0.15, -0.1) is 0 Å². The van der Waals surface area contributed by atoms with Gasteiger partial charge in [-0.1, -0.05) is 29.3 Å². The molecule has 0 fully saturated rings. The van der Waals surface area contributed by atoms with Crippen LogP contribution in [-0.4, -0.2) is 4.98 Å². The van der Waals surface area contributed by atoms with Gasteiger partial charge in [-0.3, -0.25) is 0 Å². The first kappa shape index (κ1) is 10.7. The topological polar surface area (TPSA) is 38.9 Å². The fourth-order valence-corrected chi connectivity index (χ4v) is 1.88. The van der Waals surface area contributed by atoms with Crippen LogP contribution in [0, 0.1) is 20.8 Å². The van der Waals surface area contributed by atoms with Crippen molar-refractivity contribution in [1.82, 2.24) is 4.98 Å². The van der Waals surface area contributed by atoms with Crippen molar-refractivity contribution in [1.29, 1.82) is 0 Å². The van der Waals surface area contributed by atoms with Crippen molar-refractivity contribution in [2.75, 3.05) is 5.73 Å². The minimum atomic E-state index is 0.605. The van der Waals surface area contributed by atoms with Crippen molar-refractivity contribution in [3.63, 3.8) is 0 Å². The average Bonchev–Trinajstić information content (AvgIpc) is 2.20. The molecule has 2 N–H and O–H groups in total. The number of hydrogen-bond donors (Lipinski definition) is 1. The van der Waals surface area contributed by atoms with Crippen LogP contribution in [0.5, 0.6) is 0 Å². The lowest BCUT2D eigenvalue weighted by molar-refractivity contribution is 1.27. The lowest BCUT2D eigenvalue weighted by Gasteiger charge is -2.07. The van der Waals surface area contributed by atoms with Crippen molar-refractivity contribution in [2.24, 2.45) is 0 Å². The van der Waals surface area contributed by atoms with Gasteiger partial charge in [0.25, 0.3) is 0 Å². The first-order chi connectivity index (χ1) is 7.56. The number of nitrogens with zero attached hydrogens (tertiary/aromatic N) is 1. The van der Waals surface area contributed by atoms with Crippen LogP contribution in [0.15, 0.2) is 30.5 Å². The van der Waals surface area contributed by atoms with Gasteiger partial charge in [0.15, 0.2) is 0 Å². The molecular formula is C14H16N2. The zero-order valence-electron chi connectivity index (χ0n) is 9.91. The summed E-state index contributed by atoms with van der Waals surface area (Å²) in [6.07, 6.45) is 1.83. The first-order valence-electron chi connectivity index (χ1n) is 5.37. The van der Waals surface area contributed by atoms with Gasteiger partial charge in [0.1, 0.15) is 5.82 Å². The summed E-state index contributed by atoms with van der Waals surface area (Å²) in [5.41, 5.74) is 11.6. The minimum absolute atomic E-state index is 0.605. The Morgan fingerprint density at radius 2 is 1.50 bits per heavy atom. The molecule has 0 bridgehead atoms. The summed E-state index contributed by atoms with van der Waals surface area (Å²) < 4.78 is 0. The molecule has 0 saturated carbocycles. The van der Waals surface area contributed by atoms with Crippen molar-refractivity contribution in [3.05, 3.63) is 47.2 Å². The molecular weight excluding hydrogens is 196 g/mol. The smallest absolute Gasteiger partial charge is 0.126 e. The maximum Gasteiger partial charge on any atom is 0.126 e. The fourth-order valence-electron chi connectivity index (χ4n) is 1.88. The predicted octanol–water partition coefficient (Wildman–Crippen LogP) is 3.26. The van der Waals surface area contributed by atoms with Crippen LogP contribution in [0.1, 0.15) is 16.7 Å². The molecule has 0 amide bonds. The molecule has 0 aliphatic carbocycles. The second kappa shape index (κ2) is 3.97. The normalized spacial score (nSPS) is 10.4. The van der Waals surface area contributed by atoms with Crippen molar-refractivity contribution in [3.8, 4) is 11.1 Å². The molecule has 2 aromatic rings. The van der Waals surface area contributed by atoms with Crippen LogP contribution in [0.2, 0.25) is 0 Å². The van der Waals surface area contributed by atoms with Gasteiger partial charge in [0.05, 0.1) is 0 Å². The molecule has 0 aliphatic heterocycles. The lowest BCUT2D eigenvalue weighted by atomic mass is 10.0. The molecule has 0 spiro atoms. The van der Waals surface area contributed by atoms with E-state index < -0.39 is 0 Å². The number of nitrogens with two attached hydrogens (primary N) is 1. The molecule has 0 aliphatic rings. The second-order valence-corrected chi connectivity index (χ2v) is 4.30. The summed E-state index contributed by atoms with van der Waals surface area (Å²) in [5.74, 6) is 0.605. The first-order valence-corrected chi connectivity index (χ1v) is 5.37. The Morgan fingerprint density at radius 1 is 0.875 bits per heavy atom. The number of nitrogen functional groups attached to an aromatic ring is 1. The Hall–Kier alpha value is -1.83. The van der Waals surface area contributed by atoms with Gasteiger partial charge < -0.3 is 5.73 Å². The zero-order valence-corrected chi connectivity index (χ0v) is 9.91. The number of rotatable bonds is 1. The highest BCUT2D eigenvalue weighted by molar-refractivity contribution is 5.66. The van der Waals surface area contributed by atoms with E-state index in [1.807, 2.05) is 13.1 Å². The molecule has 2 nitrogen and oxygen atoms in total. The molecule has 82 valence electrons. The molecule has 1 heterocycles.